The molecule has 0 atom stereocenters. The molecular weight excluding hydrogens is 298 g/mol. The lowest BCUT2D eigenvalue weighted by molar-refractivity contribution is -0.116. The van der Waals surface area contributed by atoms with Crippen LogP contribution in [0.25, 0.3) is 10.2 Å². The number of benzene rings is 1. The summed E-state index contributed by atoms with van der Waals surface area (Å²) < 4.78 is 6.56. The molecule has 6 heteroatoms. The predicted octanol–water partition coefficient (Wildman–Crippen LogP) is 3.00. The van der Waals surface area contributed by atoms with E-state index in [9.17, 15) is 4.79 Å². The fourth-order valence-corrected chi connectivity index (χ4v) is 3.26. The van der Waals surface area contributed by atoms with Gasteiger partial charge < -0.3 is 9.64 Å². The van der Waals surface area contributed by atoms with E-state index in [0.29, 0.717) is 13.2 Å². The highest BCUT2D eigenvalue weighted by molar-refractivity contribution is 7.22. The van der Waals surface area contributed by atoms with Crippen molar-refractivity contribution >= 4 is 32.6 Å². The summed E-state index contributed by atoms with van der Waals surface area (Å²) in [6, 6.07) is 5.84. The first-order valence-corrected chi connectivity index (χ1v) is 8.29. The Balaban J connectivity index is 2.20. The molecule has 0 fully saturated rings. The minimum Gasteiger partial charge on any atom is -0.494 e. The first-order chi connectivity index (χ1) is 10.5. The van der Waals surface area contributed by atoms with Crippen LogP contribution in [0.1, 0.15) is 20.3 Å². The largest absolute Gasteiger partial charge is 0.494 e. The zero-order chi connectivity index (χ0) is 16.1. The SMILES string of the molecule is CCOc1ccc2nc(N(CCCN(C)C)C(C)=O)sc2c1. The van der Waals surface area contributed by atoms with Gasteiger partial charge >= 0.3 is 0 Å². The predicted molar refractivity (Wildman–Crippen MR) is 92.0 cm³/mol. The van der Waals surface area contributed by atoms with Gasteiger partial charge in [-0.3, -0.25) is 9.69 Å². The molecule has 0 aliphatic heterocycles. The Morgan fingerprint density at radius 2 is 2.09 bits per heavy atom. The molecule has 0 aliphatic carbocycles. The van der Waals surface area contributed by atoms with Crippen molar-refractivity contribution in [3.63, 3.8) is 0 Å². The molecular formula is C16H23N3O2S. The highest BCUT2D eigenvalue weighted by atomic mass is 32.1. The van der Waals surface area contributed by atoms with Crippen molar-refractivity contribution in [1.29, 1.82) is 0 Å². The standard InChI is InChI=1S/C16H23N3O2S/c1-5-21-13-7-8-14-15(11-13)22-16(17-14)19(12(2)20)10-6-9-18(3)4/h7-8,11H,5-6,9-10H2,1-4H3. The van der Waals surface area contributed by atoms with Gasteiger partial charge in [0.1, 0.15) is 5.75 Å². The van der Waals surface area contributed by atoms with Crippen molar-refractivity contribution in [2.75, 3.05) is 38.7 Å². The molecule has 1 amide bonds. The smallest absolute Gasteiger partial charge is 0.225 e. The van der Waals surface area contributed by atoms with Crippen LogP contribution in [-0.4, -0.2) is 49.6 Å². The van der Waals surface area contributed by atoms with Gasteiger partial charge in [0.2, 0.25) is 5.91 Å². The minimum atomic E-state index is 0.0304. The van der Waals surface area contributed by atoms with Crippen LogP contribution < -0.4 is 9.64 Å². The topological polar surface area (TPSA) is 45.7 Å². The molecule has 0 unspecified atom stereocenters. The second-order valence-corrected chi connectivity index (χ2v) is 6.40. The minimum absolute atomic E-state index is 0.0304. The monoisotopic (exact) mass is 321 g/mol. The lowest BCUT2D eigenvalue weighted by Crippen LogP contribution is -2.31. The number of aromatic nitrogens is 1. The first-order valence-electron chi connectivity index (χ1n) is 7.47. The van der Waals surface area contributed by atoms with Crippen molar-refractivity contribution in [1.82, 2.24) is 9.88 Å². The number of fused-ring (bicyclic) bond motifs is 1. The van der Waals surface area contributed by atoms with Crippen molar-refractivity contribution in [2.24, 2.45) is 0 Å². The van der Waals surface area contributed by atoms with Crippen LogP contribution in [0.5, 0.6) is 5.75 Å². The molecule has 0 radical (unpaired) electrons. The number of thiazole rings is 1. The average molecular weight is 321 g/mol. The average Bonchev–Trinajstić information content (AvgIpc) is 2.85. The molecule has 2 aromatic rings. The van der Waals surface area contributed by atoms with Crippen LogP contribution in [0.15, 0.2) is 18.2 Å². The molecule has 0 spiro atoms. The van der Waals surface area contributed by atoms with Gasteiger partial charge in [0.15, 0.2) is 5.13 Å². The van der Waals surface area contributed by atoms with E-state index >= 15 is 0 Å². The van der Waals surface area contributed by atoms with Gasteiger partial charge in [-0.2, -0.15) is 0 Å². The van der Waals surface area contributed by atoms with Crippen LogP contribution in [-0.2, 0) is 4.79 Å². The van der Waals surface area contributed by atoms with Crippen molar-refractivity contribution < 1.29 is 9.53 Å². The van der Waals surface area contributed by atoms with Gasteiger partial charge in [0, 0.05) is 13.5 Å². The zero-order valence-electron chi connectivity index (χ0n) is 13.6. The van der Waals surface area contributed by atoms with Gasteiger partial charge in [-0.05, 0) is 52.2 Å². The van der Waals surface area contributed by atoms with Crippen LogP contribution in [0.3, 0.4) is 0 Å². The van der Waals surface area contributed by atoms with Crippen LogP contribution in [0, 0.1) is 0 Å². The van der Waals surface area contributed by atoms with Gasteiger partial charge in [-0.25, -0.2) is 4.98 Å². The molecule has 2 rings (SSSR count). The third kappa shape index (κ3) is 4.18. The second kappa shape index (κ2) is 7.56. The van der Waals surface area contributed by atoms with Crippen molar-refractivity contribution in [3.05, 3.63) is 18.2 Å². The molecule has 0 N–H and O–H groups in total. The molecule has 5 nitrogen and oxygen atoms in total. The third-order valence-electron chi connectivity index (χ3n) is 3.26. The summed E-state index contributed by atoms with van der Waals surface area (Å²) in [5.74, 6) is 0.870. The Hall–Kier alpha value is -1.66. The Morgan fingerprint density at radius 3 is 2.73 bits per heavy atom. The number of hydrogen-bond acceptors (Lipinski definition) is 5. The number of anilines is 1. The molecule has 22 heavy (non-hydrogen) atoms. The molecule has 0 saturated carbocycles. The van der Waals surface area contributed by atoms with E-state index in [1.165, 1.54) is 11.3 Å². The Bertz CT molecular complexity index is 639. The lowest BCUT2D eigenvalue weighted by atomic mass is 10.3. The van der Waals surface area contributed by atoms with Gasteiger partial charge in [-0.15, -0.1) is 0 Å². The maximum absolute atomic E-state index is 11.9. The maximum Gasteiger partial charge on any atom is 0.225 e. The van der Waals surface area contributed by atoms with Crippen molar-refractivity contribution in [3.8, 4) is 5.75 Å². The highest BCUT2D eigenvalue weighted by Crippen LogP contribution is 2.31. The van der Waals surface area contributed by atoms with E-state index in [4.69, 9.17) is 4.74 Å². The number of nitrogens with zero attached hydrogens (tertiary/aromatic N) is 3. The Morgan fingerprint density at radius 1 is 1.32 bits per heavy atom. The second-order valence-electron chi connectivity index (χ2n) is 5.39. The zero-order valence-corrected chi connectivity index (χ0v) is 14.4. The number of amides is 1. The van der Waals surface area contributed by atoms with E-state index in [2.05, 4.69) is 9.88 Å². The van der Waals surface area contributed by atoms with Gasteiger partial charge in [0.25, 0.3) is 0 Å². The maximum atomic E-state index is 11.9. The normalized spacial score (nSPS) is 11.1. The van der Waals surface area contributed by atoms with E-state index in [1.54, 1.807) is 11.8 Å². The number of hydrogen-bond donors (Lipinski definition) is 0. The van der Waals surface area contributed by atoms with Crippen molar-refractivity contribution in [2.45, 2.75) is 20.3 Å². The summed E-state index contributed by atoms with van der Waals surface area (Å²) in [4.78, 5) is 20.4. The van der Waals surface area contributed by atoms with E-state index in [0.717, 1.165) is 34.1 Å². The number of ether oxygens (including phenoxy) is 1. The summed E-state index contributed by atoms with van der Waals surface area (Å²) in [5, 5.41) is 0.759. The molecule has 1 aromatic carbocycles. The highest BCUT2D eigenvalue weighted by Gasteiger charge is 2.16. The van der Waals surface area contributed by atoms with Gasteiger partial charge in [0.05, 0.1) is 16.8 Å². The summed E-state index contributed by atoms with van der Waals surface area (Å²) >= 11 is 1.53. The summed E-state index contributed by atoms with van der Waals surface area (Å²) in [7, 11) is 4.07. The lowest BCUT2D eigenvalue weighted by Gasteiger charge is -2.19. The summed E-state index contributed by atoms with van der Waals surface area (Å²) in [6.07, 6.45) is 0.923. The van der Waals surface area contributed by atoms with Crippen LogP contribution in [0.4, 0.5) is 5.13 Å². The van der Waals surface area contributed by atoms with Gasteiger partial charge in [-0.1, -0.05) is 11.3 Å². The fourth-order valence-electron chi connectivity index (χ4n) is 2.20. The molecule has 120 valence electrons. The Labute approximate surface area is 135 Å². The molecule has 1 heterocycles. The van der Waals surface area contributed by atoms with Crippen LogP contribution in [0.2, 0.25) is 0 Å². The number of rotatable bonds is 7. The molecule has 0 bridgehead atoms. The third-order valence-corrected chi connectivity index (χ3v) is 4.30. The number of carbonyl (C=O) groups is 1. The molecule has 0 aliphatic rings. The quantitative estimate of drug-likeness (QED) is 0.786. The first kappa shape index (κ1) is 16.7. The Kier molecular flexibility index (Phi) is 5.74. The molecule has 1 aromatic heterocycles. The fraction of sp³-hybridized carbons (Fsp3) is 0.500. The summed E-state index contributed by atoms with van der Waals surface area (Å²) in [6.45, 7) is 5.83. The summed E-state index contributed by atoms with van der Waals surface area (Å²) in [5.41, 5.74) is 0.905. The number of carbonyl (C=O) groups excluding carboxylic acids is 1. The van der Waals surface area contributed by atoms with E-state index < -0.39 is 0 Å². The van der Waals surface area contributed by atoms with E-state index in [1.807, 2.05) is 39.2 Å². The van der Waals surface area contributed by atoms with Crippen LogP contribution >= 0.6 is 11.3 Å². The van der Waals surface area contributed by atoms with E-state index in [-0.39, 0.29) is 5.91 Å². The molecule has 0 saturated heterocycles.